The second kappa shape index (κ2) is 9.51. The maximum Gasteiger partial charge on any atom is 0.251 e. The highest BCUT2D eigenvalue weighted by Crippen LogP contribution is 2.32. The average Bonchev–Trinajstić information content (AvgIpc) is 2.72. The zero-order valence-corrected chi connectivity index (χ0v) is 19.6. The molecule has 1 N–H and O–H groups in total. The van der Waals surface area contributed by atoms with Crippen molar-refractivity contribution in [2.75, 3.05) is 24.2 Å². The van der Waals surface area contributed by atoms with E-state index in [2.05, 4.69) is 25.2 Å². The molecule has 0 heterocycles. The molecule has 0 unspecified atom stereocenters. The summed E-state index contributed by atoms with van der Waals surface area (Å²) in [6, 6.07) is 10.5. The molecule has 2 rings (SSSR count). The molecular weight excluding hydrogens is 400 g/mol. The van der Waals surface area contributed by atoms with E-state index in [1.54, 1.807) is 38.3 Å². The number of ether oxygens (including phenoxy) is 1. The summed E-state index contributed by atoms with van der Waals surface area (Å²) in [6.07, 6.45) is 0. The number of benzene rings is 2. The second-order valence-corrected chi connectivity index (χ2v) is 10.0. The van der Waals surface area contributed by atoms with E-state index in [4.69, 9.17) is 4.74 Å². The molecule has 0 radical (unpaired) electrons. The van der Waals surface area contributed by atoms with Gasteiger partial charge in [0.2, 0.25) is 10.0 Å². The van der Waals surface area contributed by atoms with Crippen LogP contribution in [-0.4, -0.2) is 34.2 Å². The number of hydrogen-bond donors (Lipinski definition) is 1. The van der Waals surface area contributed by atoms with Crippen LogP contribution in [0.15, 0.2) is 36.4 Å². The van der Waals surface area contributed by atoms with Crippen molar-refractivity contribution in [3.8, 4) is 5.75 Å². The number of amides is 1. The Morgan fingerprint density at radius 3 is 2.20 bits per heavy atom. The van der Waals surface area contributed by atoms with Gasteiger partial charge in [0.1, 0.15) is 5.75 Å². The molecule has 0 aliphatic rings. The topological polar surface area (TPSA) is 75.7 Å². The standard InChI is InChI=1S/C23H32N2O4S/c1-8-30(27,28)25(6)19-11-9-18(10-12-19)23(26)24-17(5)21-14-20(15(2)3)22(29-7)13-16(21)4/h9-15,17H,8H2,1-7H3,(H,24,26)/t17-/m1/s1. The van der Waals surface area contributed by atoms with Gasteiger partial charge in [0.15, 0.2) is 0 Å². The number of anilines is 1. The van der Waals surface area contributed by atoms with Crippen LogP contribution in [0.3, 0.4) is 0 Å². The highest BCUT2D eigenvalue weighted by atomic mass is 32.2. The van der Waals surface area contributed by atoms with Crippen molar-refractivity contribution in [3.63, 3.8) is 0 Å². The summed E-state index contributed by atoms with van der Waals surface area (Å²) in [4.78, 5) is 12.7. The summed E-state index contributed by atoms with van der Waals surface area (Å²) in [5.41, 5.74) is 4.19. The van der Waals surface area contributed by atoms with E-state index >= 15 is 0 Å². The Morgan fingerprint density at radius 2 is 1.70 bits per heavy atom. The van der Waals surface area contributed by atoms with E-state index in [1.807, 2.05) is 19.9 Å². The summed E-state index contributed by atoms with van der Waals surface area (Å²) in [7, 11) is -0.165. The predicted octanol–water partition coefficient (Wildman–Crippen LogP) is 4.40. The number of rotatable bonds is 8. The van der Waals surface area contributed by atoms with Gasteiger partial charge in [-0.05, 0) is 79.8 Å². The minimum atomic E-state index is -3.34. The van der Waals surface area contributed by atoms with E-state index in [9.17, 15) is 13.2 Å². The van der Waals surface area contributed by atoms with Crippen molar-refractivity contribution in [2.45, 2.75) is 46.6 Å². The molecule has 1 amide bonds. The molecule has 0 fully saturated rings. The molecular formula is C23H32N2O4S. The second-order valence-electron chi connectivity index (χ2n) is 7.72. The van der Waals surface area contributed by atoms with Crippen LogP contribution < -0.4 is 14.4 Å². The van der Waals surface area contributed by atoms with Crippen molar-refractivity contribution in [3.05, 3.63) is 58.7 Å². The molecule has 6 nitrogen and oxygen atoms in total. The molecule has 0 spiro atoms. The number of sulfonamides is 1. The third-order valence-corrected chi connectivity index (χ3v) is 7.10. The van der Waals surface area contributed by atoms with Crippen LogP contribution in [0.1, 0.15) is 66.7 Å². The summed E-state index contributed by atoms with van der Waals surface area (Å²) in [6.45, 7) is 9.77. The predicted molar refractivity (Wildman–Crippen MR) is 122 cm³/mol. The molecule has 0 aliphatic heterocycles. The van der Waals surface area contributed by atoms with E-state index in [0.717, 1.165) is 22.4 Å². The fourth-order valence-corrected chi connectivity index (χ4v) is 4.18. The molecule has 0 saturated carbocycles. The number of carbonyl (C=O) groups excluding carboxylic acids is 1. The quantitative estimate of drug-likeness (QED) is 0.671. The highest BCUT2D eigenvalue weighted by molar-refractivity contribution is 7.92. The van der Waals surface area contributed by atoms with Gasteiger partial charge >= 0.3 is 0 Å². The van der Waals surface area contributed by atoms with E-state index < -0.39 is 10.0 Å². The van der Waals surface area contributed by atoms with Gasteiger partial charge in [0.05, 0.1) is 24.6 Å². The number of carbonyl (C=O) groups is 1. The lowest BCUT2D eigenvalue weighted by molar-refractivity contribution is 0.0940. The summed E-state index contributed by atoms with van der Waals surface area (Å²) in [5, 5.41) is 3.04. The van der Waals surface area contributed by atoms with Gasteiger partial charge in [-0.3, -0.25) is 9.10 Å². The molecule has 30 heavy (non-hydrogen) atoms. The highest BCUT2D eigenvalue weighted by Gasteiger charge is 2.19. The van der Waals surface area contributed by atoms with Crippen molar-refractivity contribution in [2.24, 2.45) is 0 Å². The Kier molecular flexibility index (Phi) is 7.53. The lowest BCUT2D eigenvalue weighted by Gasteiger charge is -2.21. The SMILES string of the molecule is CCS(=O)(=O)N(C)c1ccc(C(=O)N[C@H](C)c2cc(C(C)C)c(OC)cc2C)cc1. The Bertz CT molecular complexity index is 999. The summed E-state index contributed by atoms with van der Waals surface area (Å²) >= 11 is 0. The Labute approximate surface area is 180 Å². The number of methoxy groups -OCH3 is 1. The third kappa shape index (κ3) is 5.14. The van der Waals surface area contributed by atoms with Crippen LogP contribution in [0, 0.1) is 6.92 Å². The zero-order valence-electron chi connectivity index (χ0n) is 18.8. The number of nitrogens with zero attached hydrogens (tertiary/aromatic N) is 1. The average molecular weight is 433 g/mol. The van der Waals surface area contributed by atoms with Crippen molar-refractivity contribution < 1.29 is 17.9 Å². The van der Waals surface area contributed by atoms with Crippen LogP contribution in [0.25, 0.3) is 0 Å². The molecule has 2 aromatic carbocycles. The van der Waals surface area contributed by atoms with Crippen LogP contribution in [0.2, 0.25) is 0 Å². The van der Waals surface area contributed by atoms with Gasteiger partial charge in [0, 0.05) is 12.6 Å². The molecule has 0 aliphatic carbocycles. The minimum Gasteiger partial charge on any atom is -0.496 e. The Morgan fingerprint density at radius 1 is 1.10 bits per heavy atom. The maximum atomic E-state index is 12.7. The van der Waals surface area contributed by atoms with Crippen LogP contribution in [0.4, 0.5) is 5.69 Å². The van der Waals surface area contributed by atoms with Crippen LogP contribution >= 0.6 is 0 Å². The molecule has 164 valence electrons. The third-order valence-electron chi connectivity index (χ3n) is 5.33. The maximum absolute atomic E-state index is 12.7. The molecule has 0 bridgehead atoms. The monoisotopic (exact) mass is 432 g/mol. The van der Waals surface area contributed by atoms with Crippen LogP contribution in [0.5, 0.6) is 5.75 Å². The normalized spacial score (nSPS) is 12.5. The lowest BCUT2D eigenvalue weighted by Crippen LogP contribution is -2.29. The number of aryl methyl sites for hydroxylation is 1. The first-order valence-electron chi connectivity index (χ1n) is 10.1. The fourth-order valence-electron chi connectivity index (χ4n) is 3.34. The Balaban J connectivity index is 2.21. The molecule has 0 saturated heterocycles. The van der Waals surface area contributed by atoms with Gasteiger partial charge < -0.3 is 10.1 Å². The van der Waals surface area contributed by atoms with Gasteiger partial charge in [0.25, 0.3) is 5.91 Å². The van der Waals surface area contributed by atoms with Gasteiger partial charge in [-0.25, -0.2) is 8.42 Å². The Hall–Kier alpha value is -2.54. The van der Waals surface area contributed by atoms with Gasteiger partial charge in [-0.2, -0.15) is 0 Å². The number of hydrogen-bond acceptors (Lipinski definition) is 4. The zero-order chi connectivity index (χ0) is 22.6. The lowest BCUT2D eigenvalue weighted by atomic mass is 9.93. The van der Waals surface area contributed by atoms with Crippen molar-refractivity contribution in [1.29, 1.82) is 0 Å². The minimum absolute atomic E-state index is 0.0167. The molecule has 0 aromatic heterocycles. The summed E-state index contributed by atoms with van der Waals surface area (Å²) in [5.74, 6) is 0.956. The van der Waals surface area contributed by atoms with Crippen molar-refractivity contribution >= 4 is 21.6 Å². The van der Waals surface area contributed by atoms with E-state index in [0.29, 0.717) is 17.2 Å². The first-order chi connectivity index (χ1) is 14.0. The van der Waals surface area contributed by atoms with E-state index in [1.165, 1.54) is 11.4 Å². The van der Waals surface area contributed by atoms with Gasteiger partial charge in [-0.1, -0.05) is 13.8 Å². The molecule has 1 atom stereocenters. The molecule has 2 aromatic rings. The van der Waals surface area contributed by atoms with Crippen molar-refractivity contribution in [1.82, 2.24) is 5.32 Å². The molecule has 7 heteroatoms. The fraction of sp³-hybridized carbons (Fsp3) is 0.435. The first kappa shape index (κ1) is 23.7. The summed E-state index contributed by atoms with van der Waals surface area (Å²) < 4.78 is 30.8. The smallest absolute Gasteiger partial charge is 0.251 e. The largest absolute Gasteiger partial charge is 0.496 e. The van der Waals surface area contributed by atoms with E-state index in [-0.39, 0.29) is 17.7 Å². The number of nitrogens with one attached hydrogen (secondary N) is 1. The first-order valence-corrected chi connectivity index (χ1v) is 11.7. The van der Waals surface area contributed by atoms with Gasteiger partial charge in [-0.15, -0.1) is 0 Å². The van der Waals surface area contributed by atoms with Crippen LogP contribution in [-0.2, 0) is 10.0 Å².